The zero-order chi connectivity index (χ0) is 15.5. The maximum atomic E-state index is 12.6. The van der Waals surface area contributed by atoms with E-state index in [-0.39, 0.29) is 11.8 Å². The van der Waals surface area contributed by atoms with Crippen LogP contribution in [-0.2, 0) is 14.4 Å². The van der Waals surface area contributed by atoms with Gasteiger partial charge in [-0.15, -0.1) is 0 Å². The van der Waals surface area contributed by atoms with E-state index in [1.165, 1.54) is 11.3 Å². The fourth-order valence-corrected chi connectivity index (χ4v) is 3.02. The Bertz CT molecular complexity index is 597. The number of anilines is 1. The third kappa shape index (κ3) is 2.51. The summed E-state index contributed by atoms with van der Waals surface area (Å²) in [6, 6.07) is 8.99. The standard InChI is InChI=1S/C17H20N2O3/c1-2-3-4-8-11-13-14-15(22-18-13)17(21)19(16(14)20)12-9-6-5-7-10-12/h5-7,9-10,14-15H,2-4,8,11H2,1H3. The molecule has 1 fully saturated rings. The maximum absolute atomic E-state index is 12.6. The predicted molar refractivity (Wildman–Crippen MR) is 83.5 cm³/mol. The van der Waals surface area contributed by atoms with Crippen molar-refractivity contribution in [3.05, 3.63) is 30.3 Å². The van der Waals surface area contributed by atoms with Gasteiger partial charge < -0.3 is 4.84 Å². The average molecular weight is 300 g/mol. The number of rotatable bonds is 6. The number of hydrogen-bond donors (Lipinski definition) is 0. The van der Waals surface area contributed by atoms with E-state index in [4.69, 9.17) is 4.84 Å². The molecule has 2 amide bonds. The fraction of sp³-hybridized carbons (Fsp3) is 0.471. The molecule has 116 valence electrons. The van der Waals surface area contributed by atoms with Gasteiger partial charge in [0.05, 0.1) is 11.4 Å². The molecule has 1 aromatic rings. The van der Waals surface area contributed by atoms with Crippen molar-refractivity contribution in [2.75, 3.05) is 4.90 Å². The second-order valence-electron chi connectivity index (χ2n) is 5.74. The van der Waals surface area contributed by atoms with E-state index in [9.17, 15) is 9.59 Å². The Balaban J connectivity index is 1.73. The van der Waals surface area contributed by atoms with Gasteiger partial charge in [0, 0.05) is 0 Å². The van der Waals surface area contributed by atoms with Crippen LogP contribution in [0.15, 0.2) is 35.5 Å². The van der Waals surface area contributed by atoms with Gasteiger partial charge in [-0.05, 0) is 25.0 Å². The highest BCUT2D eigenvalue weighted by atomic mass is 16.6. The summed E-state index contributed by atoms with van der Waals surface area (Å²) in [5, 5.41) is 4.00. The molecule has 5 heteroatoms. The molecule has 0 aliphatic carbocycles. The molecule has 22 heavy (non-hydrogen) atoms. The van der Waals surface area contributed by atoms with Gasteiger partial charge in [-0.3, -0.25) is 9.59 Å². The first-order valence-electron chi connectivity index (χ1n) is 7.89. The Hall–Kier alpha value is -2.17. The van der Waals surface area contributed by atoms with Crippen LogP contribution in [0.3, 0.4) is 0 Å². The summed E-state index contributed by atoms with van der Waals surface area (Å²) in [7, 11) is 0. The van der Waals surface area contributed by atoms with Gasteiger partial charge in [0.1, 0.15) is 5.92 Å². The number of oxime groups is 1. The summed E-state index contributed by atoms with van der Waals surface area (Å²) < 4.78 is 0. The number of fused-ring (bicyclic) bond motifs is 1. The molecule has 0 saturated carbocycles. The zero-order valence-electron chi connectivity index (χ0n) is 12.7. The number of para-hydroxylation sites is 1. The van der Waals surface area contributed by atoms with Crippen LogP contribution in [0.25, 0.3) is 0 Å². The summed E-state index contributed by atoms with van der Waals surface area (Å²) >= 11 is 0. The maximum Gasteiger partial charge on any atom is 0.278 e. The highest BCUT2D eigenvalue weighted by Crippen LogP contribution is 2.34. The van der Waals surface area contributed by atoms with Crippen molar-refractivity contribution in [1.29, 1.82) is 0 Å². The summed E-state index contributed by atoms with van der Waals surface area (Å²) in [4.78, 5) is 31.6. The number of benzene rings is 1. The molecule has 0 bridgehead atoms. The molecule has 0 spiro atoms. The average Bonchev–Trinajstić information content (AvgIpc) is 3.06. The van der Waals surface area contributed by atoms with E-state index in [0.29, 0.717) is 5.69 Å². The molecular weight excluding hydrogens is 280 g/mol. The fourth-order valence-electron chi connectivity index (χ4n) is 3.02. The van der Waals surface area contributed by atoms with Crippen molar-refractivity contribution in [3.63, 3.8) is 0 Å². The highest BCUT2D eigenvalue weighted by molar-refractivity contribution is 6.30. The van der Waals surface area contributed by atoms with E-state index in [0.717, 1.165) is 31.4 Å². The van der Waals surface area contributed by atoms with Gasteiger partial charge in [-0.1, -0.05) is 49.5 Å². The van der Waals surface area contributed by atoms with Gasteiger partial charge >= 0.3 is 0 Å². The second kappa shape index (κ2) is 6.30. The third-order valence-corrected chi connectivity index (χ3v) is 4.20. The Morgan fingerprint density at radius 3 is 2.59 bits per heavy atom. The Morgan fingerprint density at radius 1 is 1.09 bits per heavy atom. The van der Waals surface area contributed by atoms with Crippen LogP contribution in [0.4, 0.5) is 5.69 Å². The highest BCUT2D eigenvalue weighted by Gasteiger charge is 2.55. The number of amides is 2. The zero-order valence-corrected chi connectivity index (χ0v) is 12.7. The molecule has 0 radical (unpaired) electrons. The first kappa shape index (κ1) is 14.8. The molecule has 0 aromatic heterocycles. The molecule has 2 heterocycles. The number of imide groups is 1. The molecule has 5 nitrogen and oxygen atoms in total. The smallest absolute Gasteiger partial charge is 0.278 e. The second-order valence-corrected chi connectivity index (χ2v) is 5.74. The van der Waals surface area contributed by atoms with E-state index in [1.807, 2.05) is 18.2 Å². The Morgan fingerprint density at radius 2 is 1.86 bits per heavy atom. The topological polar surface area (TPSA) is 59.0 Å². The lowest BCUT2D eigenvalue weighted by Gasteiger charge is -2.15. The van der Waals surface area contributed by atoms with Crippen LogP contribution >= 0.6 is 0 Å². The number of carbonyl (C=O) groups is 2. The van der Waals surface area contributed by atoms with Crippen molar-refractivity contribution >= 4 is 23.2 Å². The van der Waals surface area contributed by atoms with Gasteiger partial charge in [0.2, 0.25) is 12.0 Å². The predicted octanol–water partition coefficient (Wildman–Crippen LogP) is 2.90. The summed E-state index contributed by atoms with van der Waals surface area (Å²) in [6.07, 6.45) is 4.38. The first-order valence-corrected chi connectivity index (χ1v) is 7.89. The Labute approximate surface area is 129 Å². The minimum Gasteiger partial charge on any atom is -0.381 e. The normalized spacial score (nSPS) is 23.5. The van der Waals surface area contributed by atoms with Crippen LogP contribution in [-0.4, -0.2) is 23.6 Å². The van der Waals surface area contributed by atoms with Crippen LogP contribution in [0.2, 0.25) is 0 Å². The number of hydrogen-bond acceptors (Lipinski definition) is 4. The van der Waals surface area contributed by atoms with Crippen molar-refractivity contribution in [2.24, 2.45) is 11.1 Å². The number of carbonyl (C=O) groups excluding carboxylic acids is 2. The monoisotopic (exact) mass is 300 g/mol. The first-order chi connectivity index (χ1) is 10.7. The van der Waals surface area contributed by atoms with Crippen molar-refractivity contribution in [3.8, 4) is 0 Å². The van der Waals surface area contributed by atoms with Crippen LogP contribution in [0, 0.1) is 5.92 Å². The molecule has 1 aromatic carbocycles. The van der Waals surface area contributed by atoms with Crippen LogP contribution in [0.5, 0.6) is 0 Å². The Kier molecular flexibility index (Phi) is 4.22. The number of unbranched alkanes of at least 4 members (excludes halogenated alkanes) is 3. The molecule has 2 aliphatic heterocycles. The van der Waals surface area contributed by atoms with Gasteiger partial charge in [-0.2, -0.15) is 0 Å². The van der Waals surface area contributed by atoms with Crippen LogP contribution in [0.1, 0.15) is 39.0 Å². The lowest BCUT2D eigenvalue weighted by Crippen LogP contribution is -2.33. The molecule has 2 atom stereocenters. The lowest BCUT2D eigenvalue weighted by molar-refractivity contribution is -0.126. The largest absolute Gasteiger partial charge is 0.381 e. The van der Waals surface area contributed by atoms with Gasteiger partial charge in [-0.25, -0.2) is 4.90 Å². The minimum absolute atomic E-state index is 0.215. The van der Waals surface area contributed by atoms with Crippen molar-refractivity contribution in [1.82, 2.24) is 0 Å². The molecule has 0 N–H and O–H groups in total. The molecule has 1 saturated heterocycles. The summed E-state index contributed by atoms with van der Waals surface area (Å²) in [5.74, 6) is -1.06. The van der Waals surface area contributed by atoms with Crippen molar-refractivity contribution in [2.45, 2.75) is 45.1 Å². The van der Waals surface area contributed by atoms with Gasteiger partial charge in [0.25, 0.3) is 5.91 Å². The van der Waals surface area contributed by atoms with Crippen LogP contribution < -0.4 is 4.90 Å². The van der Waals surface area contributed by atoms with E-state index < -0.39 is 12.0 Å². The minimum atomic E-state index is -0.770. The van der Waals surface area contributed by atoms with Crippen molar-refractivity contribution < 1.29 is 14.4 Å². The number of nitrogens with zero attached hydrogens (tertiary/aromatic N) is 2. The molecule has 2 aliphatic rings. The van der Waals surface area contributed by atoms with Gasteiger partial charge in [0.15, 0.2) is 0 Å². The quantitative estimate of drug-likeness (QED) is 0.599. The molecular formula is C17H20N2O3. The molecule has 2 unspecified atom stereocenters. The summed E-state index contributed by atoms with van der Waals surface area (Å²) in [6.45, 7) is 2.16. The van der Waals surface area contributed by atoms with E-state index >= 15 is 0 Å². The summed E-state index contributed by atoms with van der Waals surface area (Å²) in [5.41, 5.74) is 1.32. The van der Waals surface area contributed by atoms with E-state index in [1.54, 1.807) is 12.1 Å². The third-order valence-electron chi connectivity index (χ3n) is 4.20. The van der Waals surface area contributed by atoms with E-state index in [2.05, 4.69) is 12.1 Å². The SMILES string of the molecule is CCCCCCC1=NOC2C(=O)N(c3ccccc3)C(=O)C12. The lowest BCUT2D eigenvalue weighted by atomic mass is 9.95. The molecule has 3 rings (SSSR count).